The lowest BCUT2D eigenvalue weighted by molar-refractivity contribution is -0.137. The topological polar surface area (TPSA) is 21.3 Å². The Bertz CT molecular complexity index is 388. The third kappa shape index (κ3) is 1.90. The molecule has 0 aliphatic carbocycles. The fourth-order valence-electron chi connectivity index (χ4n) is 1.42. The molecule has 0 aromatic heterocycles. The lowest BCUT2D eigenvalue weighted by Gasteiger charge is -2.20. The molecule has 2 nitrogen and oxygen atoms in total. The molecule has 1 aliphatic rings. The summed E-state index contributed by atoms with van der Waals surface area (Å²) < 4.78 is 55.0. The van der Waals surface area contributed by atoms with Gasteiger partial charge in [0.2, 0.25) is 0 Å². The summed E-state index contributed by atoms with van der Waals surface area (Å²) >= 11 is 0. The standard InChI is InChI=1S/C9H7F4NO/c10-7-2-6(9(11,12)13)1-5-3-14-4-15-8(5)7/h1-2,14H,3-4H2. The van der Waals surface area contributed by atoms with Crippen molar-refractivity contribution in [2.45, 2.75) is 12.7 Å². The highest BCUT2D eigenvalue weighted by molar-refractivity contribution is 5.40. The molecule has 0 bridgehead atoms. The maximum Gasteiger partial charge on any atom is 0.416 e. The molecule has 15 heavy (non-hydrogen) atoms. The number of halogens is 4. The van der Waals surface area contributed by atoms with Crippen molar-refractivity contribution >= 4 is 0 Å². The normalized spacial score (nSPS) is 15.7. The van der Waals surface area contributed by atoms with Gasteiger partial charge in [-0.3, -0.25) is 5.32 Å². The van der Waals surface area contributed by atoms with Crippen molar-refractivity contribution in [1.82, 2.24) is 5.32 Å². The molecule has 0 saturated heterocycles. The van der Waals surface area contributed by atoms with Gasteiger partial charge in [-0.15, -0.1) is 0 Å². The fraction of sp³-hybridized carbons (Fsp3) is 0.333. The van der Waals surface area contributed by atoms with Gasteiger partial charge in [-0.2, -0.15) is 13.2 Å². The summed E-state index contributed by atoms with van der Waals surface area (Å²) in [5.41, 5.74) is -0.806. The van der Waals surface area contributed by atoms with Gasteiger partial charge in [0.25, 0.3) is 0 Å². The molecule has 0 saturated carbocycles. The van der Waals surface area contributed by atoms with Gasteiger partial charge < -0.3 is 4.74 Å². The fourth-order valence-corrected chi connectivity index (χ4v) is 1.42. The van der Waals surface area contributed by atoms with E-state index in [1.807, 2.05) is 0 Å². The minimum absolute atomic E-state index is 0.0956. The van der Waals surface area contributed by atoms with Crippen LogP contribution in [0.1, 0.15) is 11.1 Å². The largest absolute Gasteiger partial charge is 0.475 e. The molecule has 0 atom stereocenters. The van der Waals surface area contributed by atoms with Crippen LogP contribution >= 0.6 is 0 Å². The van der Waals surface area contributed by atoms with Crippen LogP contribution < -0.4 is 10.1 Å². The highest BCUT2D eigenvalue weighted by Crippen LogP contribution is 2.35. The van der Waals surface area contributed by atoms with E-state index >= 15 is 0 Å². The van der Waals surface area contributed by atoms with Gasteiger partial charge in [-0.25, -0.2) is 4.39 Å². The highest BCUT2D eigenvalue weighted by Gasteiger charge is 2.33. The third-order valence-corrected chi connectivity index (χ3v) is 2.08. The summed E-state index contributed by atoms with van der Waals surface area (Å²) in [6, 6.07) is 1.34. The Morgan fingerprint density at radius 1 is 1.27 bits per heavy atom. The summed E-state index contributed by atoms with van der Waals surface area (Å²) in [5.74, 6) is -1.07. The predicted octanol–water partition coefficient (Wildman–Crippen LogP) is 2.28. The monoisotopic (exact) mass is 221 g/mol. The first-order valence-corrected chi connectivity index (χ1v) is 4.21. The number of hydrogen-bond donors (Lipinski definition) is 1. The van der Waals surface area contributed by atoms with Crippen molar-refractivity contribution in [3.8, 4) is 5.75 Å². The lowest BCUT2D eigenvalue weighted by Crippen LogP contribution is -2.26. The first-order valence-electron chi connectivity index (χ1n) is 4.21. The Morgan fingerprint density at radius 3 is 2.67 bits per heavy atom. The molecule has 2 rings (SSSR count). The Balaban J connectivity index is 2.50. The maximum atomic E-state index is 13.2. The number of benzene rings is 1. The van der Waals surface area contributed by atoms with Gasteiger partial charge >= 0.3 is 6.18 Å². The average molecular weight is 221 g/mol. The van der Waals surface area contributed by atoms with Crippen LogP contribution in [0.3, 0.4) is 0 Å². The van der Waals surface area contributed by atoms with Gasteiger partial charge in [0, 0.05) is 12.1 Å². The Kier molecular flexibility index (Phi) is 2.30. The van der Waals surface area contributed by atoms with Crippen molar-refractivity contribution in [1.29, 1.82) is 0 Å². The number of hydrogen-bond acceptors (Lipinski definition) is 2. The minimum atomic E-state index is -4.53. The van der Waals surface area contributed by atoms with Crippen LogP contribution in [0, 0.1) is 5.82 Å². The van der Waals surface area contributed by atoms with E-state index in [1.54, 1.807) is 0 Å². The van der Waals surface area contributed by atoms with Crippen LogP contribution in [-0.2, 0) is 12.7 Å². The molecule has 0 fully saturated rings. The quantitative estimate of drug-likeness (QED) is 0.678. The number of fused-ring (bicyclic) bond motifs is 1. The van der Waals surface area contributed by atoms with E-state index in [0.717, 1.165) is 6.07 Å². The molecular formula is C9H7F4NO. The lowest BCUT2D eigenvalue weighted by atomic mass is 10.1. The zero-order valence-electron chi connectivity index (χ0n) is 7.49. The van der Waals surface area contributed by atoms with Crippen molar-refractivity contribution in [2.24, 2.45) is 0 Å². The molecule has 0 spiro atoms. The first-order chi connectivity index (χ1) is 6.98. The summed E-state index contributed by atoms with van der Waals surface area (Å²) in [7, 11) is 0. The van der Waals surface area contributed by atoms with E-state index < -0.39 is 17.6 Å². The second-order valence-electron chi connectivity index (χ2n) is 3.16. The minimum Gasteiger partial charge on any atom is -0.475 e. The Hall–Kier alpha value is -1.30. The summed E-state index contributed by atoms with van der Waals surface area (Å²) in [6.07, 6.45) is -4.53. The second-order valence-corrected chi connectivity index (χ2v) is 3.16. The van der Waals surface area contributed by atoms with Crippen molar-refractivity contribution in [3.63, 3.8) is 0 Å². The van der Waals surface area contributed by atoms with Crippen molar-refractivity contribution in [2.75, 3.05) is 6.73 Å². The van der Waals surface area contributed by atoms with E-state index in [0.29, 0.717) is 6.07 Å². The van der Waals surface area contributed by atoms with Crippen LogP contribution in [0.25, 0.3) is 0 Å². The molecular weight excluding hydrogens is 214 g/mol. The number of nitrogens with one attached hydrogen (secondary N) is 1. The smallest absolute Gasteiger partial charge is 0.416 e. The van der Waals surface area contributed by atoms with E-state index in [-0.39, 0.29) is 24.6 Å². The Morgan fingerprint density at radius 2 is 2.00 bits per heavy atom. The average Bonchev–Trinajstić information content (AvgIpc) is 2.16. The highest BCUT2D eigenvalue weighted by atomic mass is 19.4. The van der Waals surface area contributed by atoms with Gasteiger partial charge in [-0.05, 0) is 12.1 Å². The zero-order valence-corrected chi connectivity index (χ0v) is 7.49. The molecule has 0 unspecified atom stereocenters. The van der Waals surface area contributed by atoms with Crippen molar-refractivity contribution < 1.29 is 22.3 Å². The molecule has 1 aromatic carbocycles. The van der Waals surface area contributed by atoms with Crippen molar-refractivity contribution in [3.05, 3.63) is 29.1 Å². The first kappa shape index (κ1) is 10.2. The molecule has 6 heteroatoms. The van der Waals surface area contributed by atoms with Gasteiger partial charge in [-0.1, -0.05) is 0 Å². The molecule has 1 heterocycles. The molecule has 0 radical (unpaired) electrons. The number of ether oxygens (including phenoxy) is 1. The van der Waals surface area contributed by atoms with Crippen LogP contribution in [-0.4, -0.2) is 6.73 Å². The summed E-state index contributed by atoms with van der Waals surface area (Å²) in [6.45, 7) is 0.283. The maximum absolute atomic E-state index is 13.2. The number of alkyl halides is 3. The summed E-state index contributed by atoms with van der Waals surface area (Å²) in [4.78, 5) is 0. The van der Waals surface area contributed by atoms with Gasteiger partial charge in [0.15, 0.2) is 11.6 Å². The second kappa shape index (κ2) is 3.37. The molecule has 0 amide bonds. The SMILES string of the molecule is Fc1cc(C(F)(F)F)cc2c1OCNC2. The van der Waals surface area contributed by atoms with E-state index in [2.05, 4.69) is 5.32 Å². The van der Waals surface area contributed by atoms with E-state index in [1.165, 1.54) is 0 Å². The third-order valence-electron chi connectivity index (χ3n) is 2.08. The van der Waals surface area contributed by atoms with Crippen LogP contribution in [0.2, 0.25) is 0 Å². The number of rotatable bonds is 0. The van der Waals surface area contributed by atoms with Crippen LogP contribution in [0.15, 0.2) is 12.1 Å². The molecule has 1 N–H and O–H groups in total. The molecule has 1 aromatic rings. The van der Waals surface area contributed by atoms with Crippen LogP contribution in [0.4, 0.5) is 17.6 Å². The van der Waals surface area contributed by atoms with Gasteiger partial charge in [0.1, 0.15) is 6.73 Å². The Labute approximate surface area is 82.8 Å². The molecule has 82 valence electrons. The van der Waals surface area contributed by atoms with Gasteiger partial charge in [0.05, 0.1) is 5.56 Å². The zero-order chi connectivity index (χ0) is 11.1. The predicted molar refractivity (Wildman–Crippen MR) is 43.7 cm³/mol. The summed E-state index contributed by atoms with van der Waals surface area (Å²) in [5, 5.41) is 2.69. The van der Waals surface area contributed by atoms with E-state index in [4.69, 9.17) is 4.74 Å². The molecule has 1 aliphatic heterocycles. The van der Waals surface area contributed by atoms with E-state index in [9.17, 15) is 17.6 Å². The van der Waals surface area contributed by atoms with Crippen LogP contribution in [0.5, 0.6) is 5.75 Å².